The molecule has 0 aliphatic carbocycles. The average molecular weight is 328 g/mol. The van der Waals surface area contributed by atoms with Crippen LogP contribution in [0.3, 0.4) is 0 Å². The molecule has 1 aliphatic heterocycles. The number of nitrogens with zero attached hydrogens (tertiary/aromatic N) is 5. The first-order valence-electron chi connectivity index (χ1n) is 8.60. The van der Waals surface area contributed by atoms with Crippen LogP contribution in [-0.2, 0) is 19.5 Å². The highest BCUT2D eigenvalue weighted by atomic mass is 16.2. The van der Waals surface area contributed by atoms with Gasteiger partial charge in [0.05, 0.1) is 12.6 Å². The van der Waals surface area contributed by atoms with Gasteiger partial charge in [0.1, 0.15) is 5.82 Å². The van der Waals surface area contributed by atoms with Gasteiger partial charge in [-0.1, -0.05) is 6.92 Å². The molecule has 128 valence electrons. The normalized spacial score (nSPS) is 14.2. The molecule has 24 heavy (non-hydrogen) atoms. The Balaban J connectivity index is 1.67. The van der Waals surface area contributed by atoms with Crippen LogP contribution in [0.25, 0.3) is 0 Å². The van der Waals surface area contributed by atoms with Crippen molar-refractivity contribution < 1.29 is 4.79 Å². The molecular weight excluding hydrogens is 304 g/mol. The highest BCUT2D eigenvalue weighted by molar-refractivity contribution is 5.74. The lowest BCUT2D eigenvalue weighted by Crippen LogP contribution is -2.42. The van der Waals surface area contributed by atoms with Gasteiger partial charge in [0.25, 0.3) is 0 Å². The second-order valence-electron chi connectivity index (χ2n) is 5.94. The Morgan fingerprint density at radius 3 is 2.83 bits per heavy atom. The predicted octanol–water partition coefficient (Wildman–Crippen LogP) is 2.30. The zero-order chi connectivity index (χ0) is 16.9. The summed E-state index contributed by atoms with van der Waals surface area (Å²) in [6.07, 6.45) is 6.47. The number of aromatic nitrogens is 4. The van der Waals surface area contributed by atoms with Gasteiger partial charge in [-0.25, -0.2) is 4.79 Å². The monoisotopic (exact) mass is 328 g/mol. The third kappa shape index (κ3) is 3.25. The van der Waals surface area contributed by atoms with Crippen LogP contribution < -0.4 is 5.32 Å². The van der Waals surface area contributed by atoms with E-state index in [1.165, 1.54) is 0 Å². The minimum absolute atomic E-state index is 0.0436. The van der Waals surface area contributed by atoms with Crippen LogP contribution in [0.5, 0.6) is 0 Å². The number of urea groups is 1. The summed E-state index contributed by atoms with van der Waals surface area (Å²) in [6, 6.07) is 3.91. The number of amides is 2. The molecule has 0 saturated carbocycles. The van der Waals surface area contributed by atoms with Crippen molar-refractivity contribution in [3.8, 4) is 0 Å². The van der Waals surface area contributed by atoms with Gasteiger partial charge in [0.15, 0.2) is 5.82 Å². The van der Waals surface area contributed by atoms with E-state index in [9.17, 15) is 4.79 Å². The summed E-state index contributed by atoms with van der Waals surface area (Å²) in [5, 5.41) is 11.4. The number of aryl methyl sites for hydroxylation is 1. The fourth-order valence-electron chi connectivity index (χ4n) is 3.32. The summed E-state index contributed by atoms with van der Waals surface area (Å²) in [4.78, 5) is 18.6. The molecule has 3 rings (SSSR count). The smallest absolute Gasteiger partial charge is 0.318 e. The summed E-state index contributed by atoms with van der Waals surface area (Å²) in [5.74, 6) is 1.86. The van der Waals surface area contributed by atoms with E-state index >= 15 is 0 Å². The number of nitrogens with one attached hydrogen (secondary N) is 1. The lowest BCUT2D eigenvalue weighted by atomic mass is 10.0. The number of carbonyl (C=O) groups is 1. The maximum Gasteiger partial charge on any atom is 0.318 e. The first-order chi connectivity index (χ1) is 11.7. The van der Waals surface area contributed by atoms with Crippen molar-refractivity contribution >= 4 is 6.03 Å². The lowest BCUT2D eigenvalue weighted by molar-refractivity contribution is 0.175. The molecule has 0 bridgehead atoms. The molecule has 0 saturated heterocycles. The Hall–Kier alpha value is -2.44. The van der Waals surface area contributed by atoms with Crippen LogP contribution in [0.4, 0.5) is 4.79 Å². The van der Waals surface area contributed by atoms with Crippen LogP contribution in [-0.4, -0.2) is 37.2 Å². The lowest BCUT2D eigenvalue weighted by Gasteiger charge is -2.30. The summed E-state index contributed by atoms with van der Waals surface area (Å²) in [7, 11) is 0. The molecule has 1 N–H and O–H groups in total. The van der Waals surface area contributed by atoms with Gasteiger partial charge in [0, 0.05) is 31.9 Å². The molecule has 0 fully saturated rings. The van der Waals surface area contributed by atoms with E-state index in [0.717, 1.165) is 43.0 Å². The highest BCUT2D eigenvalue weighted by Gasteiger charge is 2.23. The number of rotatable bonds is 6. The Labute approximate surface area is 142 Å². The molecular formula is C17H24N6O. The van der Waals surface area contributed by atoms with Gasteiger partial charge in [0.2, 0.25) is 0 Å². The number of pyridine rings is 1. The molecule has 1 atom stereocenters. The van der Waals surface area contributed by atoms with Gasteiger partial charge >= 0.3 is 6.03 Å². The second-order valence-corrected chi connectivity index (χ2v) is 5.94. The van der Waals surface area contributed by atoms with Crippen molar-refractivity contribution in [1.82, 2.24) is 30.0 Å². The topological polar surface area (TPSA) is 75.9 Å². The number of fused-ring (bicyclic) bond motifs is 1. The van der Waals surface area contributed by atoms with Crippen LogP contribution >= 0.6 is 0 Å². The van der Waals surface area contributed by atoms with E-state index in [4.69, 9.17) is 0 Å². The summed E-state index contributed by atoms with van der Waals surface area (Å²) < 4.78 is 2.11. The van der Waals surface area contributed by atoms with Crippen molar-refractivity contribution in [2.75, 3.05) is 6.54 Å². The van der Waals surface area contributed by atoms with Crippen LogP contribution in [0.1, 0.15) is 49.9 Å². The Morgan fingerprint density at radius 2 is 2.12 bits per heavy atom. The molecule has 0 aromatic carbocycles. The minimum atomic E-state index is -0.0727. The Kier molecular flexibility index (Phi) is 5.08. The average Bonchev–Trinajstić information content (AvgIpc) is 3.22. The quantitative estimate of drug-likeness (QED) is 0.883. The number of carbonyl (C=O) groups excluding carboxylic acids is 1. The van der Waals surface area contributed by atoms with E-state index in [1.807, 2.05) is 24.0 Å². The van der Waals surface area contributed by atoms with Crippen molar-refractivity contribution in [2.24, 2.45) is 0 Å². The highest BCUT2D eigenvalue weighted by Crippen LogP contribution is 2.23. The Morgan fingerprint density at radius 1 is 1.33 bits per heavy atom. The van der Waals surface area contributed by atoms with Crippen molar-refractivity contribution in [3.05, 3.63) is 41.7 Å². The molecule has 0 spiro atoms. The molecule has 1 aliphatic rings. The zero-order valence-electron chi connectivity index (χ0n) is 14.3. The van der Waals surface area contributed by atoms with Crippen LogP contribution in [0.2, 0.25) is 0 Å². The molecule has 7 heteroatoms. The molecule has 0 unspecified atom stereocenters. The van der Waals surface area contributed by atoms with E-state index in [-0.39, 0.29) is 12.1 Å². The van der Waals surface area contributed by atoms with E-state index in [0.29, 0.717) is 13.1 Å². The summed E-state index contributed by atoms with van der Waals surface area (Å²) in [5.41, 5.74) is 1.10. The maximum absolute atomic E-state index is 12.7. The SMILES string of the molecule is CC[C@@H](c1ccncc1)N(CC)C(=O)NCc1nnc2n1CCC2. The molecule has 7 nitrogen and oxygen atoms in total. The standard InChI is InChI=1S/C17H24N6O/c1-3-14(13-7-9-18-10-8-13)22(4-2)17(24)19-12-16-21-20-15-6-5-11-23(15)16/h7-10,14H,3-6,11-12H2,1-2H3,(H,19,24)/t14-/m0/s1. The van der Waals surface area contributed by atoms with Crippen LogP contribution in [0.15, 0.2) is 24.5 Å². The molecule has 3 heterocycles. The van der Waals surface area contributed by atoms with Gasteiger partial charge in [-0.15, -0.1) is 10.2 Å². The Bertz CT molecular complexity index is 684. The number of hydrogen-bond donors (Lipinski definition) is 1. The third-order valence-electron chi connectivity index (χ3n) is 4.54. The van der Waals surface area contributed by atoms with E-state index in [2.05, 4.69) is 32.0 Å². The fourth-order valence-corrected chi connectivity index (χ4v) is 3.32. The first-order valence-corrected chi connectivity index (χ1v) is 8.60. The maximum atomic E-state index is 12.7. The summed E-state index contributed by atoms with van der Waals surface area (Å²) >= 11 is 0. The predicted molar refractivity (Wildman–Crippen MR) is 90.2 cm³/mol. The van der Waals surface area contributed by atoms with Gasteiger partial charge in [-0.2, -0.15) is 0 Å². The molecule has 0 radical (unpaired) electrons. The molecule has 2 aromatic rings. The third-order valence-corrected chi connectivity index (χ3v) is 4.54. The zero-order valence-corrected chi connectivity index (χ0v) is 14.3. The minimum Gasteiger partial charge on any atom is -0.331 e. The fraction of sp³-hybridized carbons (Fsp3) is 0.529. The van der Waals surface area contributed by atoms with Crippen molar-refractivity contribution in [3.63, 3.8) is 0 Å². The molecule has 2 amide bonds. The van der Waals surface area contributed by atoms with Crippen LogP contribution in [0, 0.1) is 0 Å². The van der Waals surface area contributed by atoms with Gasteiger partial charge in [-0.05, 0) is 37.5 Å². The van der Waals surface area contributed by atoms with E-state index < -0.39 is 0 Å². The first kappa shape index (κ1) is 16.4. The second kappa shape index (κ2) is 7.42. The van der Waals surface area contributed by atoms with E-state index in [1.54, 1.807) is 12.4 Å². The summed E-state index contributed by atoms with van der Waals surface area (Å²) in [6.45, 7) is 6.09. The molecule has 2 aromatic heterocycles. The van der Waals surface area contributed by atoms with Crippen molar-refractivity contribution in [2.45, 2.75) is 52.2 Å². The largest absolute Gasteiger partial charge is 0.331 e. The van der Waals surface area contributed by atoms with Gasteiger partial charge in [-0.3, -0.25) is 4.98 Å². The number of hydrogen-bond acceptors (Lipinski definition) is 4. The van der Waals surface area contributed by atoms with Crippen molar-refractivity contribution in [1.29, 1.82) is 0 Å². The van der Waals surface area contributed by atoms with Gasteiger partial charge < -0.3 is 14.8 Å².